The van der Waals surface area contributed by atoms with Crippen molar-refractivity contribution < 1.29 is 0 Å². The molecule has 5 rings (SSSR count). The molecule has 0 bridgehead atoms. The third-order valence-corrected chi connectivity index (χ3v) is 5.43. The van der Waals surface area contributed by atoms with Gasteiger partial charge in [-0.2, -0.15) is 4.98 Å². The van der Waals surface area contributed by atoms with Gasteiger partial charge < -0.3 is 9.80 Å². The van der Waals surface area contributed by atoms with E-state index in [0.29, 0.717) is 0 Å². The molecule has 2 aliphatic rings. The standard InChI is InChI=1S/C22H22N4/c1-2-8-19-16-25(15-12-17(19)6-1)22-23-13-11-21(24-22)26-14-5-9-18-7-3-4-10-20(18)26/h1-4,6-8,10-11,13H,5,9,12,14-16H2. The maximum atomic E-state index is 4.93. The van der Waals surface area contributed by atoms with Crippen LogP contribution in [-0.4, -0.2) is 23.1 Å². The van der Waals surface area contributed by atoms with Crippen LogP contribution in [0.5, 0.6) is 0 Å². The molecule has 4 nitrogen and oxygen atoms in total. The van der Waals surface area contributed by atoms with Gasteiger partial charge >= 0.3 is 0 Å². The van der Waals surface area contributed by atoms with E-state index in [4.69, 9.17) is 4.98 Å². The second kappa shape index (κ2) is 6.45. The number of benzene rings is 2. The minimum absolute atomic E-state index is 0.833. The quantitative estimate of drug-likeness (QED) is 0.701. The highest BCUT2D eigenvalue weighted by Gasteiger charge is 2.22. The SMILES string of the molecule is c1ccc2c(c1)CCN(c1nccc(N3CCCc4ccccc43)n1)C2. The largest absolute Gasteiger partial charge is 0.336 e. The van der Waals surface area contributed by atoms with Crippen LogP contribution in [0.2, 0.25) is 0 Å². The van der Waals surface area contributed by atoms with E-state index in [1.807, 2.05) is 12.3 Å². The topological polar surface area (TPSA) is 32.3 Å². The molecule has 2 aromatic carbocycles. The third kappa shape index (κ3) is 2.71. The minimum Gasteiger partial charge on any atom is -0.336 e. The molecule has 0 saturated heterocycles. The molecule has 3 heterocycles. The Kier molecular flexibility index (Phi) is 3.81. The summed E-state index contributed by atoms with van der Waals surface area (Å²) in [5.74, 6) is 1.83. The Balaban J connectivity index is 1.46. The van der Waals surface area contributed by atoms with Crippen LogP contribution >= 0.6 is 0 Å². The Morgan fingerprint density at radius 2 is 1.58 bits per heavy atom. The summed E-state index contributed by atoms with van der Waals surface area (Å²) in [7, 11) is 0. The summed E-state index contributed by atoms with van der Waals surface area (Å²) in [5.41, 5.74) is 5.53. The fraction of sp³-hybridized carbons (Fsp3) is 0.273. The summed E-state index contributed by atoms with van der Waals surface area (Å²) in [5, 5.41) is 0. The summed E-state index contributed by atoms with van der Waals surface area (Å²) in [6.45, 7) is 2.86. The summed E-state index contributed by atoms with van der Waals surface area (Å²) in [6.07, 6.45) is 5.26. The zero-order chi connectivity index (χ0) is 17.3. The second-order valence-corrected chi connectivity index (χ2v) is 7.04. The van der Waals surface area contributed by atoms with E-state index in [2.05, 4.69) is 63.3 Å². The highest BCUT2D eigenvalue weighted by Crippen LogP contribution is 2.33. The molecule has 2 aliphatic heterocycles. The maximum Gasteiger partial charge on any atom is 0.227 e. The summed E-state index contributed by atoms with van der Waals surface area (Å²) >= 11 is 0. The Bertz CT molecular complexity index is 937. The van der Waals surface area contributed by atoms with Gasteiger partial charge in [0.25, 0.3) is 0 Å². The van der Waals surface area contributed by atoms with E-state index in [-0.39, 0.29) is 0 Å². The number of rotatable bonds is 2. The third-order valence-electron chi connectivity index (χ3n) is 5.43. The van der Waals surface area contributed by atoms with Crippen LogP contribution in [-0.2, 0) is 19.4 Å². The molecule has 0 atom stereocenters. The molecule has 0 saturated carbocycles. The van der Waals surface area contributed by atoms with Crippen molar-refractivity contribution in [1.29, 1.82) is 0 Å². The van der Waals surface area contributed by atoms with Crippen molar-refractivity contribution in [2.75, 3.05) is 22.9 Å². The molecule has 0 radical (unpaired) electrons. The number of hydrogen-bond donors (Lipinski definition) is 0. The van der Waals surface area contributed by atoms with Gasteiger partial charge in [0.15, 0.2) is 0 Å². The minimum atomic E-state index is 0.833. The molecule has 3 aromatic rings. The smallest absolute Gasteiger partial charge is 0.227 e. The summed E-state index contributed by atoms with van der Waals surface area (Å²) < 4.78 is 0. The molecule has 0 aliphatic carbocycles. The molecule has 0 fully saturated rings. The number of nitrogens with zero attached hydrogens (tertiary/aromatic N) is 4. The molecular formula is C22H22N4. The van der Waals surface area contributed by atoms with Gasteiger partial charge in [-0.15, -0.1) is 0 Å². The molecule has 1 aromatic heterocycles. The lowest BCUT2D eigenvalue weighted by atomic mass is 10.0. The first-order valence-corrected chi connectivity index (χ1v) is 9.39. The number of aromatic nitrogens is 2. The van der Waals surface area contributed by atoms with E-state index in [9.17, 15) is 0 Å². The zero-order valence-electron chi connectivity index (χ0n) is 14.8. The Morgan fingerprint density at radius 3 is 2.50 bits per heavy atom. The Labute approximate surface area is 154 Å². The van der Waals surface area contributed by atoms with Crippen LogP contribution in [0.1, 0.15) is 23.1 Å². The summed E-state index contributed by atoms with van der Waals surface area (Å²) in [6, 6.07) is 19.4. The van der Waals surface area contributed by atoms with Crippen LogP contribution in [0, 0.1) is 0 Å². The lowest BCUT2D eigenvalue weighted by Gasteiger charge is -2.32. The first kappa shape index (κ1) is 15.4. The van der Waals surface area contributed by atoms with E-state index < -0.39 is 0 Å². The number of hydrogen-bond acceptors (Lipinski definition) is 4. The Morgan fingerprint density at radius 1 is 0.769 bits per heavy atom. The van der Waals surface area contributed by atoms with Gasteiger partial charge in [-0.05, 0) is 48.1 Å². The van der Waals surface area contributed by atoms with Crippen LogP contribution < -0.4 is 9.80 Å². The molecule has 0 N–H and O–H groups in total. The van der Waals surface area contributed by atoms with Crippen molar-refractivity contribution in [3.05, 3.63) is 77.5 Å². The fourth-order valence-corrected chi connectivity index (χ4v) is 4.08. The van der Waals surface area contributed by atoms with Crippen molar-refractivity contribution >= 4 is 17.5 Å². The van der Waals surface area contributed by atoms with Gasteiger partial charge in [0.2, 0.25) is 5.95 Å². The second-order valence-electron chi connectivity index (χ2n) is 7.04. The number of anilines is 3. The summed E-state index contributed by atoms with van der Waals surface area (Å²) in [4.78, 5) is 14.1. The van der Waals surface area contributed by atoms with Gasteiger partial charge in [-0.25, -0.2) is 4.98 Å². The van der Waals surface area contributed by atoms with E-state index in [0.717, 1.165) is 50.7 Å². The average Bonchev–Trinajstić information content (AvgIpc) is 2.73. The predicted molar refractivity (Wildman–Crippen MR) is 105 cm³/mol. The van der Waals surface area contributed by atoms with Gasteiger partial charge in [0, 0.05) is 31.5 Å². The van der Waals surface area contributed by atoms with Crippen molar-refractivity contribution in [2.45, 2.75) is 25.8 Å². The van der Waals surface area contributed by atoms with Crippen LogP contribution in [0.15, 0.2) is 60.8 Å². The monoisotopic (exact) mass is 342 g/mol. The molecule has 4 heteroatoms. The first-order chi connectivity index (χ1) is 12.9. The molecule has 0 amide bonds. The number of fused-ring (bicyclic) bond motifs is 2. The highest BCUT2D eigenvalue weighted by molar-refractivity contribution is 5.66. The zero-order valence-corrected chi connectivity index (χ0v) is 14.8. The Hall–Kier alpha value is -2.88. The normalized spacial score (nSPS) is 16.2. The molecule has 130 valence electrons. The van der Waals surface area contributed by atoms with Crippen LogP contribution in [0.4, 0.5) is 17.5 Å². The van der Waals surface area contributed by atoms with Gasteiger partial charge in [-0.3, -0.25) is 0 Å². The molecule has 0 unspecified atom stereocenters. The van der Waals surface area contributed by atoms with Crippen molar-refractivity contribution in [3.8, 4) is 0 Å². The van der Waals surface area contributed by atoms with E-state index >= 15 is 0 Å². The molecule has 26 heavy (non-hydrogen) atoms. The number of aryl methyl sites for hydroxylation is 1. The number of para-hydroxylation sites is 1. The lowest BCUT2D eigenvalue weighted by molar-refractivity contribution is 0.703. The van der Waals surface area contributed by atoms with Gasteiger partial charge in [0.1, 0.15) is 5.82 Å². The predicted octanol–water partition coefficient (Wildman–Crippen LogP) is 4.12. The van der Waals surface area contributed by atoms with Crippen LogP contribution in [0.25, 0.3) is 0 Å². The molecule has 0 spiro atoms. The van der Waals surface area contributed by atoms with Crippen molar-refractivity contribution in [2.24, 2.45) is 0 Å². The highest BCUT2D eigenvalue weighted by atomic mass is 15.3. The van der Waals surface area contributed by atoms with Crippen molar-refractivity contribution in [1.82, 2.24) is 9.97 Å². The maximum absolute atomic E-state index is 4.93. The van der Waals surface area contributed by atoms with E-state index in [1.165, 1.54) is 22.4 Å². The average molecular weight is 342 g/mol. The van der Waals surface area contributed by atoms with E-state index in [1.54, 1.807) is 0 Å². The lowest BCUT2D eigenvalue weighted by Crippen LogP contribution is -2.32. The van der Waals surface area contributed by atoms with Gasteiger partial charge in [-0.1, -0.05) is 42.5 Å². The van der Waals surface area contributed by atoms with Crippen LogP contribution in [0.3, 0.4) is 0 Å². The van der Waals surface area contributed by atoms with Gasteiger partial charge in [0.05, 0.1) is 0 Å². The fourth-order valence-electron chi connectivity index (χ4n) is 4.08. The molecular weight excluding hydrogens is 320 g/mol. The van der Waals surface area contributed by atoms with Crippen molar-refractivity contribution in [3.63, 3.8) is 0 Å². The first-order valence-electron chi connectivity index (χ1n) is 9.39.